The Labute approximate surface area is 163 Å². The third-order valence-corrected chi connectivity index (χ3v) is 5.92. The molecule has 0 saturated heterocycles. The summed E-state index contributed by atoms with van der Waals surface area (Å²) in [6, 6.07) is 7.55. The van der Waals surface area contributed by atoms with Gasteiger partial charge in [-0.25, -0.2) is 9.67 Å². The number of hydrogen-bond donors (Lipinski definition) is 1. The summed E-state index contributed by atoms with van der Waals surface area (Å²) in [4.78, 5) is 31.2. The summed E-state index contributed by atoms with van der Waals surface area (Å²) in [6.07, 6.45) is 3.97. The van der Waals surface area contributed by atoms with Crippen LogP contribution in [-0.4, -0.2) is 40.2 Å². The van der Waals surface area contributed by atoms with Crippen LogP contribution in [0.25, 0.3) is 0 Å². The largest absolute Gasteiger partial charge is 0.490 e. The number of benzene rings is 1. The molecule has 2 aliphatic rings. The van der Waals surface area contributed by atoms with Gasteiger partial charge in [-0.2, -0.15) is 0 Å². The third-order valence-electron chi connectivity index (χ3n) is 5.92. The Morgan fingerprint density at radius 3 is 2.93 bits per heavy atom. The van der Waals surface area contributed by atoms with Crippen molar-refractivity contribution in [1.82, 2.24) is 14.8 Å². The zero-order valence-corrected chi connectivity index (χ0v) is 16.2. The van der Waals surface area contributed by atoms with Crippen LogP contribution in [-0.2, 0) is 16.8 Å². The highest BCUT2D eigenvalue weighted by Gasteiger charge is 2.50. The van der Waals surface area contributed by atoms with Crippen LogP contribution in [0.3, 0.4) is 0 Å². The first-order valence-corrected chi connectivity index (χ1v) is 9.73. The molecule has 148 valence electrons. The molecule has 0 saturated carbocycles. The Bertz CT molecular complexity index is 924. The fraction of sp³-hybridized carbons (Fsp3) is 0.500. The molecule has 2 N–H and O–H groups in total. The van der Waals surface area contributed by atoms with Gasteiger partial charge in [-0.15, -0.1) is 5.10 Å². The summed E-state index contributed by atoms with van der Waals surface area (Å²) in [5.74, 6) is 0.315. The van der Waals surface area contributed by atoms with E-state index in [9.17, 15) is 9.59 Å². The van der Waals surface area contributed by atoms with E-state index >= 15 is 0 Å². The molecule has 0 radical (unpaired) electrons. The number of hydrogen-bond acceptors (Lipinski definition) is 5. The number of para-hydroxylation sites is 2. The second kappa shape index (κ2) is 6.92. The number of carbonyl (C=O) groups excluding carboxylic acids is 2. The van der Waals surface area contributed by atoms with Crippen molar-refractivity contribution in [3.8, 4) is 5.75 Å². The van der Waals surface area contributed by atoms with Gasteiger partial charge in [0.2, 0.25) is 11.7 Å². The van der Waals surface area contributed by atoms with Gasteiger partial charge in [-0.05, 0) is 31.4 Å². The Hall–Kier alpha value is -2.90. The minimum atomic E-state index is -0.653. The number of carbonyl (C=O) groups is 2. The van der Waals surface area contributed by atoms with Gasteiger partial charge in [-0.3, -0.25) is 9.59 Å². The SMILES string of the molecule is CCCC1([C@H]2COc3ccccc3N(C)C2=O)CCCc2nc(C(N)=O)nn21. The van der Waals surface area contributed by atoms with Crippen LogP contribution in [0.4, 0.5) is 5.69 Å². The summed E-state index contributed by atoms with van der Waals surface area (Å²) < 4.78 is 7.88. The standard InChI is InChI=1S/C20H25N5O3/c1-3-10-20(11-6-9-16-22-18(17(21)26)23-25(16)20)13-12-28-15-8-5-4-7-14(15)24(2)19(13)27/h4-5,7-8,13H,3,6,9-12H2,1-2H3,(H2,21,26)/t13-,20?/m0/s1. The van der Waals surface area contributed by atoms with Crippen LogP contribution >= 0.6 is 0 Å². The van der Waals surface area contributed by atoms with Crippen LogP contribution in [0.15, 0.2) is 24.3 Å². The Morgan fingerprint density at radius 2 is 2.18 bits per heavy atom. The Morgan fingerprint density at radius 1 is 1.39 bits per heavy atom. The summed E-state index contributed by atoms with van der Waals surface area (Å²) >= 11 is 0. The zero-order valence-electron chi connectivity index (χ0n) is 16.2. The Kier molecular flexibility index (Phi) is 4.56. The molecule has 1 aromatic carbocycles. The van der Waals surface area contributed by atoms with E-state index in [2.05, 4.69) is 17.0 Å². The van der Waals surface area contributed by atoms with Gasteiger partial charge in [0.15, 0.2) is 0 Å². The van der Waals surface area contributed by atoms with Crippen LogP contribution in [0.5, 0.6) is 5.75 Å². The van der Waals surface area contributed by atoms with Crippen molar-refractivity contribution in [2.24, 2.45) is 11.7 Å². The lowest BCUT2D eigenvalue weighted by molar-refractivity contribution is -0.128. The molecule has 0 aliphatic carbocycles. The van der Waals surface area contributed by atoms with Crippen LogP contribution in [0, 0.1) is 5.92 Å². The first-order valence-electron chi connectivity index (χ1n) is 9.73. The Balaban J connectivity index is 1.81. The lowest BCUT2D eigenvalue weighted by Gasteiger charge is -2.43. The van der Waals surface area contributed by atoms with Crippen molar-refractivity contribution < 1.29 is 14.3 Å². The summed E-state index contributed by atoms with van der Waals surface area (Å²) in [7, 11) is 1.78. The molecule has 2 atom stereocenters. The third kappa shape index (κ3) is 2.75. The van der Waals surface area contributed by atoms with Gasteiger partial charge < -0.3 is 15.4 Å². The number of aryl methyl sites for hydroxylation is 1. The van der Waals surface area contributed by atoms with E-state index in [-0.39, 0.29) is 18.3 Å². The molecule has 28 heavy (non-hydrogen) atoms. The van der Waals surface area contributed by atoms with Crippen molar-refractivity contribution in [3.63, 3.8) is 0 Å². The fourth-order valence-electron chi connectivity index (χ4n) is 4.62. The second-order valence-electron chi connectivity index (χ2n) is 7.56. The lowest BCUT2D eigenvalue weighted by Crippen LogP contribution is -2.53. The maximum absolute atomic E-state index is 13.5. The highest BCUT2D eigenvalue weighted by Crippen LogP contribution is 2.44. The van der Waals surface area contributed by atoms with Gasteiger partial charge in [0.1, 0.15) is 18.2 Å². The number of amides is 2. The zero-order chi connectivity index (χ0) is 19.9. The van der Waals surface area contributed by atoms with Crippen LogP contribution in [0.1, 0.15) is 49.1 Å². The predicted octanol–water partition coefficient (Wildman–Crippen LogP) is 1.88. The fourth-order valence-corrected chi connectivity index (χ4v) is 4.62. The average Bonchev–Trinajstić information content (AvgIpc) is 3.09. The molecule has 0 spiro atoms. The molecule has 0 bridgehead atoms. The first kappa shape index (κ1) is 18.5. The number of anilines is 1. The average molecular weight is 383 g/mol. The van der Waals surface area contributed by atoms with E-state index in [1.807, 2.05) is 24.3 Å². The van der Waals surface area contributed by atoms with E-state index in [4.69, 9.17) is 10.5 Å². The maximum atomic E-state index is 13.5. The van der Waals surface area contributed by atoms with E-state index in [0.717, 1.165) is 31.4 Å². The van der Waals surface area contributed by atoms with Crippen molar-refractivity contribution in [1.29, 1.82) is 0 Å². The molecule has 1 unspecified atom stereocenters. The molecule has 8 heteroatoms. The van der Waals surface area contributed by atoms with Crippen molar-refractivity contribution in [2.75, 3.05) is 18.6 Å². The number of nitrogens with zero attached hydrogens (tertiary/aromatic N) is 4. The molecule has 2 aliphatic heterocycles. The van der Waals surface area contributed by atoms with Crippen molar-refractivity contribution in [3.05, 3.63) is 35.9 Å². The molecule has 2 aromatic rings. The molecule has 1 aromatic heterocycles. The van der Waals surface area contributed by atoms with Gasteiger partial charge in [0, 0.05) is 13.5 Å². The van der Waals surface area contributed by atoms with E-state index in [1.165, 1.54) is 0 Å². The number of fused-ring (bicyclic) bond motifs is 2. The minimum Gasteiger partial charge on any atom is -0.490 e. The normalized spacial score (nSPS) is 24.1. The second-order valence-corrected chi connectivity index (χ2v) is 7.56. The molecule has 8 nitrogen and oxygen atoms in total. The highest BCUT2D eigenvalue weighted by molar-refractivity contribution is 5.97. The van der Waals surface area contributed by atoms with E-state index < -0.39 is 17.4 Å². The topological polar surface area (TPSA) is 103 Å². The summed E-state index contributed by atoms with van der Waals surface area (Å²) in [5, 5.41) is 4.44. The van der Waals surface area contributed by atoms with Gasteiger partial charge in [-0.1, -0.05) is 25.5 Å². The van der Waals surface area contributed by atoms with Crippen LogP contribution < -0.4 is 15.4 Å². The van der Waals surface area contributed by atoms with Gasteiger partial charge >= 0.3 is 0 Å². The van der Waals surface area contributed by atoms with Gasteiger partial charge in [0.25, 0.3) is 5.91 Å². The van der Waals surface area contributed by atoms with Crippen molar-refractivity contribution >= 4 is 17.5 Å². The number of primary amides is 1. The number of aromatic nitrogens is 3. The molecule has 4 rings (SSSR count). The quantitative estimate of drug-likeness (QED) is 0.868. The van der Waals surface area contributed by atoms with Gasteiger partial charge in [0.05, 0.1) is 17.1 Å². The highest BCUT2D eigenvalue weighted by atomic mass is 16.5. The number of rotatable bonds is 4. The van der Waals surface area contributed by atoms with E-state index in [0.29, 0.717) is 18.0 Å². The van der Waals surface area contributed by atoms with Crippen molar-refractivity contribution in [2.45, 2.75) is 44.6 Å². The van der Waals surface area contributed by atoms with E-state index in [1.54, 1.807) is 16.6 Å². The molecule has 3 heterocycles. The summed E-state index contributed by atoms with van der Waals surface area (Å²) in [6.45, 7) is 2.34. The number of nitrogens with two attached hydrogens (primary N) is 1. The lowest BCUT2D eigenvalue weighted by atomic mass is 9.74. The van der Waals surface area contributed by atoms with Crippen LogP contribution in [0.2, 0.25) is 0 Å². The smallest absolute Gasteiger partial charge is 0.288 e. The molecule has 2 amide bonds. The minimum absolute atomic E-state index is 0.0102. The molecular weight excluding hydrogens is 358 g/mol. The molecule has 0 fully saturated rings. The summed E-state index contributed by atoms with van der Waals surface area (Å²) in [5.41, 5.74) is 5.59. The number of ether oxygens (including phenoxy) is 1. The first-order chi connectivity index (χ1) is 13.5. The molecular formula is C20H25N5O3. The predicted molar refractivity (Wildman–Crippen MR) is 103 cm³/mol. The maximum Gasteiger partial charge on any atom is 0.288 e. The monoisotopic (exact) mass is 383 g/mol.